The van der Waals surface area contributed by atoms with E-state index in [1.807, 2.05) is 0 Å². The summed E-state index contributed by atoms with van der Waals surface area (Å²) in [7, 11) is 4.32. The molecule has 0 radical (unpaired) electrons. The molecule has 0 unspecified atom stereocenters. The Morgan fingerprint density at radius 2 is 2.22 bits per heavy atom. The van der Waals surface area contributed by atoms with Gasteiger partial charge in [-0.3, -0.25) is 9.58 Å². The molecule has 1 aromatic rings. The number of aliphatic hydroxyl groups is 1. The van der Waals surface area contributed by atoms with Crippen LogP contribution in [0.4, 0.5) is 0 Å². The summed E-state index contributed by atoms with van der Waals surface area (Å²) in [6.45, 7) is 6.23. The summed E-state index contributed by atoms with van der Waals surface area (Å²) >= 11 is 0. The number of likely N-dealkylation sites (N-methyl/N-ethyl adjacent to an activating group) is 1. The molecule has 0 bridgehead atoms. The predicted octanol–water partition coefficient (Wildman–Crippen LogP) is 0.511. The molecule has 0 aromatic carbocycles. The van der Waals surface area contributed by atoms with Crippen molar-refractivity contribution < 1.29 is 5.11 Å². The van der Waals surface area contributed by atoms with Gasteiger partial charge in [0.15, 0.2) is 0 Å². The van der Waals surface area contributed by atoms with Gasteiger partial charge in [-0.2, -0.15) is 5.10 Å². The van der Waals surface area contributed by atoms with E-state index >= 15 is 0 Å². The number of rotatable bonds is 4. The zero-order valence-electron chi connectivity index (χ0n) is 14.5. The van der Waals surface area contributed by atoms with Crippen molar-refractivity contribution in [2.75, 3.05) is 40.3 Å². The zero-order chi connectivity index (χ0) is 16.2. The van der Waals surface area contributed by atoms with Crippen LogP contribution in [0.2, 0.25) is 0 Å². The number of nitrogens with zero attached hydrogens (tertiary/aromatic N) is 4. The highest BCUT2D eigenvalue weighted by Gasteiger charge is 2.25. The third kappa shape index (κ3) is 4.32. The monoisotopic (exact) mass is 321 g/mol. The van der Waals surface area contributed by atoms with Crippen molar-refractivity contribution in [3.63, 3.8) is 0 Å². The number of likely N-dealkylation sites (tertiary alicyclic amines) is 1. The molecule has 2 N–H and O–H groups in total. The van der Waals surface area contributed by atoms with Crippen molar-refractivity contribution >= 4 is 0 Å². The van der Waals surface area contributed by atoms with E-state index < -0.39 is 0 Å². The summed E-state index contributed by atoms with van der Waals surface area (Å²) in [5, 5.41) is 17.9. The van der Waals surface area contributed by atoms with Gasteiger partial charge in [-0.25, -0.2) is 0 Å². The van der Waals surface area contributed by atoms with Gasteiger partial charge < -0.3 is 15.3 Å². The molecule has 0 amide bonds. The van der Waals surface area contributed by atoms with Crippen LogP contribution in [0.3, 0.4) is 0 Å². The van der Waals surface area contributed by atoms with Crippen LogP contribution < -0.4 is 5.32 Å². The van der Waals surface area contributed by atoms with Crippen LogP contribution in [0.15, 0.2) is 6.07 Å². The molecule has 3 rings (SSSR count). The van der Waals surface area contributed by atoms with Gasteiger partial charge in [0.25, 0.3) is 0 Å². The minimum atomic E-state index is 0.292. The number of aryl methyl sites for hydroxylation is 1. The van der Waals surface area contributed by atoms with E-state index in [4.69, 9.17) is 5.10 Å². The van der Waals surface area contributed by atoms with E-state index in [0.29, 0.717) is 18.6 Å². The first-order valence-electron chi connectivity index (χ1n) is 8.91. The third-order valence-electron chi connectivity index (χ3n) is 5.21. The summed E-state index contributed by atoms with van der Waals surface area (Å²) in [5.41, 5.74) is 2.47. The molecule has 3 heterocycles. The van der Waals surface area contributed by atoms with Crippen molar-refractivity contribution in [2.24, 2.45) is 5.92 Å². The topological polar surface area (TPSA) is 56.6 Å². The average Bonchev–Trinajstić information content (AvgIpc) is 2.69. The molecule has 6 heteroatoms. The van der Waals surface area contributed by atoms with Gasteiger partial charge in [-0.15, -0.1) is 0 Å². The molecule has 0 aliphatic carbocycles. The molecule has 1 saturated heterocycles. The maximum atomic E-state index is 9.62. The van der Waals surface area contributed by atoms with Crippen molar-refractivity contribution in [1.82, 2.24) is 24.9 Å². The summed E-state index contributed by atoms with van der Waals surface area (Å²) < 4.78 is 2.17. The molecule has 0 spiro atoms. The molecule has 2 aliphatic rings. The molecule has 23 heavy (non-hydrogen) atoms. The maximum Gasteiger partial charge on any atom is 0.0768 e. The Bertz CT molecular complexity index is 478. The Kier molecular flexibility index (Phi) is 5.69. The Balaban J connectivity index is 1.69. The summed E-state index contributed by atoms with van der Waals surface area (Å²) in [5.74, 6) is 0.391. The fraction of sp³-hybridized carbons (Fsp3) is 0.824. The first kappa shape index (κ1) is 16.9. The second kappa shape index (κ2) is 7.75. The van der Waals surface area contributed by atoms with Gasteiger partial charge in [0, 0.05) is 45.4 Å². The SMILES string of the molecule is CN(C)[C@@H]1CC[C@H](CO)CN(Cc2cc3n(n2)CCCNC3)C1. The van der Waals surface area contributed by atoms with E-state index in [2.05, 4.69) is 40.0 Å². The minimum absolute atomic E-state index is 0.292. The van der Waals surface area contributed by atoms with Crippen molar-refractivity contribution in [2.45, 2.75) is 44.9 Å². The Labute approximate surface area is 139 Å². The highest BCUT2D eigenvalue weighted by Crippen LogP contribution is 2.21. The molecule has 0 saturated carbocycles. The second-order valence-electron chi connectivity index (χ2n) is 7.32. The van der Waals surface area contributed by atoms with Gasteiger partial charge in [0.1, 0.15) is 0 Å². The quantitative estimate of drug-likeness (QED) is 0.846. The number of aromatic nitrogens is 2. The van der Waals surface area contributed by atoms with E-state index in [1.165, 1.54) is 17.8 Å². The molecule has 1 fully saturated rings. The van der Waals surface area contributed by atoms with Crippen LogP contribution in [-0.2, 0) is 19.6 Å². The lowest BCUT2D eigenvalue weighted by molar-refractivity contribution is 0.156. The minimum Gasteiger partial charge on any atom is -0.396 e. The molecule has 2 atom stereocenters. The first-order chi connectivity index (χ1) is 11.2. The van der Waals surface area contributed by atoms with E-state index in [0.717, 1.165) is 52.1 Å². The Morgan fingerprint density at radius 3 is 3.00 bits per heavy atom. The fourth-order valence-electron chi connectivity index (χ4n) is 3.78. The van der Waals surface area contributed by atoms with Crippen LogP contribution in [-0.4, -0.2) is 71.1 Å². The predicted molar refractivity (Wildman–Crippen MR) is 91.1 cm³/mol. The van der Waals surface area contributed by atoms with Crippen LogP contribution in [0.5, 0.6) is 0 Å². The number of hydrogen-bond donors (Lipinski definition) is 2. The second-order valence-corrected chi connectivity index (χ2v) is 7.32. The summed E-state index contributed by atoms with van der Waals surface area (Å²) in [6, 6.07) is 2.82. The lowest BCUT2D eigenvalue weighted by atomic mass is 10.0. The number of aliphatic hydroxyl groups excluding tert-OH is 1. The van der Waals surface area contributed by atoms with E-state index in [-0.39, 0.29) is 0 Å². The molecule has 1 aromatic heterocycles. The average molecular weight is 321 g/mol. The Hall–Kier alpha value is -0.950. The first-order valence-corrected chi connectivity index (χ1v) is 8.91. The smallest absolute Gasteiger partial charge is 0.0768 e. The van der Waals surface area contributed by atoms with Gasteiger partial charge in [0.05, 0.1) is 11.4 Å². The fourth-order valence-corrected chi connectivity index (χ4v) is 3.78. The normalized spacial score (nSPS) is 26.8. The Morgan fingerprint density at radius 1 is 1.35 bits per heavy atom. The summed E-state index contributed by atoms with van der Waals surface area (Å²) in [4.78, 5) is 4.80. The number of nitrogens with one attached hydrogen (secondary N) is 1. The van der Waals surface area contributed by atoms with Crippen LogP contribution in [0, 0.1) is 5.92 Å². The lowest BCUT2D eigenvalue weighted by Crippen LogP contribution is -2.39. The van der Waals surface area contributed by atoms with Crippen molar-refractivity contribution in [3.05, 3.63) is 17.5 Å². The number of fused-ring (bicyclic) bond motifs is 1. The highest BCUT2D eigenvalue weighted by atomic mass is 16.3. The molecule has 2 aliphatic heterocycles. The molecular formula is C17H31N5O. The maximum absolute atomic E-state index is 9.62. The molecular weight excluding hydrogens is 290 g/mol. The molecule has 130 valence electrons. The zero-order valence-corrected chi connectivity index (χ0v) is 14.5. The standard InChI is InChI=1S/C17H31N5O/c1-20(2)16-5-4-14(13-23)10-21(12-16)11-15-8-17-9-18-6-3-7-22(17)19-15/h8,14,16,18,23H,3-7,9-13H2,1-2H3/t14-,16+/m0/s1. The van der Waals surface area contributed by atoms with Gasteiger partial charge in [-0.05, 0) is 51.9 Å². The van der Waals surface area contributed by atoms with Crippen molar-refractivity contribution in [3.8, 4) is 0 Å². The number of hydrogen-bond acceptors (Lipinski definition) is 5. The highest BCUT2D eigenvalue weighted by molar-refractivity contribution is 5.11. The largest absolute Gasteiger partial charge is 0.396 e. The van der Waals surface area contributed by atoms with Crippen molar-refractivity contribution in [1.29, 1.82) is 0 Å². The summed E-state index contributed by atoms with van der Waals surface area (Å²) in [6.07, 6.45) is 3.42. The van der Waals surface area contributed by atoms with Crippen LogP contribution in [0.25, 0.3) is 0 Å². The van der Waals surface area contributed by atoms with Crippen LogP contribution in [0.1, 0.15) is 30.7 Å². The molecule has 6 nitrogen and oxygen atoms in total. The van der Waals surface area contributed by atoms with Gasteiger partial charge in [-0.1, -0.05) is 0 Å². The van der Waals surface area contributed by atoms with Gasteiger partial charge >= 0.3 is 0 Å². The lowest BCUT2D eigenvalue weighted by Gasteiger charge is -2.28. The van der Waals surface area contributed by atoms with Crippen LogP contribution >= 0.6 is 0 Å². The van der Waals surface area contributed by atoms with Gasteiger partial charge in [0.2, 0.25) is 0 Å². The van der Waals surface area contributed by atoms with E-state index in [9.17, 15) is 5.11 Å². The third-order valence-corrected chi connectivity index (χ3v) is 5.21. The van der Waals surface area contributed by atoms with E-state index in [1.54, 1.807) is 0 Å².